The lowest BCUT2D eigenvalue weighted by atomic mass is 10.1. The van der Waals surface area contributed by atoms with E-state index in [1.54, 1.807) is 24.3 Å². The van der Waals surface area contributed by atoms with Gasteiger partial charge in [-0.05, 0) is 31.2 Å². The number of hydrogen-bond donors (Lipinski definition) is 0. The van der Waals surface area contributed by atoms with Gasteiger partial charge in [0.05, 0.1) is 5.69 Å². The molecule has 0 bridgehead atoms. The second-order valence-electron chi connectivity index (χ2n) is 5.54. The van der Waals surface area contributed by atoms with Crippen molar-refractivity contribution in [3.05, 3.63) is 71.2 Å². The zero-order chi connectivity index (χ0) is 18.4. The van der Waals surface area contributed by atoms with E-state index in [9.17, 15) is 9.59 Å². The Balaban J connectivity index is 1.47. The molecule has 0 saturated carbocycles. The molecule has 0 atom stereocenters. The molecule has 26 heavy (non-hydrogen) atoms. The minimum Gasteiger partial charge on any atom is -0.482 e. The number of Topliss-reactive ketones (excluding diaryl/α,β-unsaturated/α-hetero) is 1. The van der Waals surface area contributed by atoms with Crippen molar-refractivity contribution in [3.63, 3.8) is 0 Å². The van der Waals surface area contributed by atoms with Crippen molar-refractivity contribution < 1.29 is 19.1 Å². The Morgan fingerprint density at radius 3 is 2.46 bits per heavy atom. The van der Waals surface area contributed by atoms with E-state index in [-0.39, 0.29) is 19.0 Å². The van der Waals surface area contributed by atoms with Gasteiger partial charge in [-0.1, -0.05) is 30.3 Å². The van der Waals surface area contributed by atoms with Gasteiger partial charge in [0, 0.05) is 16.5 Å². The molecule has 132 valence electrons. The lowest BCUT2D eigenvalue weighted by Crippen LogP contribution is -2.14. The van der Waals surface area contributed by atoms with Crippen LogP contribution >= 0.6 is 11.3 Å². The molecule has 0 radical (unpaired) electrons. The van der Waals surface area contributed by atoms with Crippen molar-refractivity contribution in [2.24, 2.45) is 0 Å². The molecule has 3 aromatic rings. The highest BCUT2D eigenvalue weighted by Crippen LogP contribution is 2.23. The fourth-order valence-electron chi connectivity index (χ4n) is 2.21. The average molecular weight is 367 g/mol. The minimum absolute atomic E-state index is 0.0194. The van der Waals surface area contributed by atoms with Gasteiger partial charge in [0.2, 0.25) is 0 Å². The van der Waals surface area contributed by atoms with Gasteiger partial charge >= 0.3 is 5.97 Å². The Labute approximate surface area is 155 Å². The number of rotatable bonds is 7. The standard InChI is InChI=1S/C20H17NO4S/c1-14(22)15-7-9-18(10-8-15)24-12-19(23)25-11-17-13-26-20(21-17)16-5-3-2-4-6-16/h2-10,13H,11-12H2,1H3. The predicted octanol–water partition coefficient (Wildman–Crippen LogP) is 4.13. The van der Waals surface area contributed by atoms with Gasteiger partial charge in [-0.15, -0.1) is 11.3 Å². The summed E-state index contributed by atoms with van der Waals surface area (Å²) in [5, 5.41) is 2.76. The van der Waals surface area contributed by atoms with Gasteiger partial charge in [-0.3, -0.25) is 4.79 Å². The van der Waals surface area contributed by atoms with Crippen LogP contribution in [0.5, 0.6) is 5.75 Å². The predicted molar refractivity (Wildman–Crippen MR) is 99.3 cm³/mol. The number of esters is 1. The number of thiazole rings is 1. The number of hydrogen-bond acceptors (Lipinski definition) is 6. The summed E-state index contributed by atoms with van der Waals surface area (Å²) in [6.07, 6.45) is 0. The maximum Gasteiger partial charge on any atom is 0.344 e. The molecule has 0 amide bonds. The van der Waals surface area contributed by atoms with E-state index < -0.39 is 5.97 Å². The van der Waals surface area contributed by atoms with Gasteiger partial charge < -0.3 is 9.47 Å². The van der Waals surface area contributed by atoms with Crippen LogP contribution < -0.4 is 4.74 Å². The molecule has 6 heteroatoms. The minimum atomic E-state index is -0.477. The summed E-state index contributed by atoms with van der Waals surface area (Å²) >= 11 is 1.51. The maximum atomic E-state index is 11.8. The fourth-order valence-corrected chi connectivity index (χ4v) is 3.02. The molecular weight excluding hydrogens is 350 g/mol. The molecule has 3 rings (SSSR count). The zero-order valence-corrected chi connectivity index (χ0v) is 15.0. The molecule has 0 fully saturated rings. The number of benzene rings is 2. The van der Waals surface area contributed by atoms with E-state index in [1.165, 1.54) is 18.3 Å². The monoisotopic (exact) mass is 367 g/mol. The molecule has 0 aliphatic carbocycles. The number of carbonyl (C=O) groups excluding carboxylic acids is 2. The van der Waals surface area contributed by atoms with Crippen LogP contribution in [0.25, 0.3) is 10.6 Å². The summed E-state index contributed by atoms with van der Waals surface area (Å²) in [4.78, 5) is 27.5. The normalized spacial score (nSPS) is 10.3. The molecule has 1 heterocycles. The van der Waals surface area contributed by atoms with Crippen LogP contribution in [0.1, 0.15) is 23.0 Å². The average Bonchev–Trinajstić information content (AvgIpc) is 3.15. The first-order valence-corrected chi connectivity index (χ1v) is 8.89. The Hall–Kier alpha value is -2.99. The van der Waals surface area contributed by atoms with E-state index in [0.717, 1.165) is 10.6 Å². The van der Waals surface area contributed by atoms with Crippen LogP contribution in [-0.4, -0.2) is 23.3 Å². The summed E-state index contributed by atoms with van der Waals surface area (Å²) in [6.45, 7) is 1.40. The van der Waals surface area contributed by atoms with Crippen LogP contribution in [0.15, 0.2) is 60.0 Å². The number of nitrogens with zero attached hydrogens (tertiary/aromatic N) is 1. The molecule has 0 aliphatic heterocycles. The summed E-state index contributed by atoms with van der Waals surface area (Å²) in [5.74, 6) is 0.0102. The van der Waals surface area contributed by atoms with Gasteiger partial charge in [-0.2, -0.15) is 0 Å². The molecule has 1 aromatic heterocycles. The zero-order valence-electron chi connectivity index (χ0n) is 14.2. The first-order valence-electron chi connectivity index (χ1n) is 8.01. The second-order valence-corrected chi connectivity index (χ2v) is 6.40. The van der Waals surface area contributed by atoms with E-state index >= 15 is 0 Å². The summed E-state index contributed by atoms with van der Waals surface area (Å²) in [7, 11) is 0. The van der Waals surface area contributed by atoms with E-state index in [1.807, 2.05) is 35.7 Å². The van der Waals surface area contributed by atoms with Crippen molar-refractivity contribution in [1.82, 2.24) is 4.98 Å². The molecule has 0 aliphatic rings. The first kappa shape index (κ1) is 17.8. The highest BCUT2D eigenvalue weighted by Gasteiger charge is 2.09. The molecule has 0 spiro atoms. The summed E-state index contributed by atoms with van der Waals surface area (Å²) < 4.78 is 10.5. The third kappa shape index (κ3) is 4.77. The Morgan fingerprint density at radius 1 is 1.04 bits per heavy atom. The first-order chi connectivity index (χ1) is 12.6. The van der Waals surface area contributed by atoms with Gasteiger partial charge in [0.15, 0.2) is 12.4 Å². The Morgan fingerprint density at radius 2 is 1.77 bits per heavy atom. The molecule has 0 N–H and O–H groups in total. The van der Waals surface area contributed by atoms with E-state index in [4.69, 9.17) is 9.47 Å². The summed E-state index contributed by atoms with van der Waals surface area (Å²) in [5.41, 5.74) is 2.33. The van der Waals surface area contributed by atoms with Crippen molar-refractivity contribution in [2.45, 2.75) is 13.5 Å². The van der Waals surface area contributed by atoms with Crippen LogP contribution in [-0.2, 0) is 16.1 Å². The summed E-state index contributed by atoms with van der Waals surface area (Å²) in [6, 6.07) is 16.4. The van der Waals surface area contributed by atoms with Crippen LogP contribution in [0, 0.1) is 0 Å². The smallest absolute Gasteiger partial charge is 0.344 e. The third-order valence-corrected chi connectivity index (χ3v) is 4.51. The van der Waals surface area contributed by atoms with Gasteiger partial charge in [0.1, 0.15) is 17.4 Å². The number of ether oxygens (including phenoxy) is 2. The maximum absolute atomic E-state index is 11.8. The molecule has 2 aromatic carbocycles. The molecule has 0 saturated heterocycles. The van der Waals surface area contributed by atoms with Crippen LogP contribution in [0.3, 0.4) is 0 Å². The lowest BCUT2D eigenvalue weighted by molar-refractivity contribution is -0.147. The highest BCUT2D eigenvalue weighted by molar-refractivity contribution is 7.13. The van der Waals surface area contributed by atoms with Crippen LogP contribution in [0.2, 0.25) is 0 Å². The largest absolute Gasteiger partial charge is 0.482 e. The van der Waals surface area contributed by atoms with E-state index in [0.29, 0.717) is 17.0 Å². The third-order valence-electron chi connectivity index (χ3n) is 3.57. The van der Waals surface area contributed by atoms with Gasteiger partial charge in [-0.25, -0.2) is 9.78 Å². The number of ketones is 1. The van der Waals surface area contributed by atoms with Crippen LogP contribution in [0.4, 0.5) is 0 Å². The number of aromatic nitrogens is 1. The highest BCUT2D eigenvalue weighted by atomic mass is 32.1. The topological polar surface area (TPSA) is 65.5 Å². The van der Waals surface area contributed by atoms with Crippen molar-refractivity contribution in [1.29, 1.82) is 0 Å². The second kappa shape index (κ2) is 8.40. The SMILES string of the molecule is CC(=O)c1ccc(OCC(=O)OCc2csc(-c3ccccc3)n2)cc1. The quantitative estimate of drug-likeness (QED) is 0.464. The van der Waals surface area contributed by atoms with Crippen molar-refractivity contribution >= 4 is 23.1 Å². The van der Waals surface area contributed by atoms with E-state index in [2.05, 4.69) is 4.98 Å². The van der Waals surface area contributed by atoms with Gasteiger partial charge in [0.25, 0.3) is 0 Å². The Bertz CT molecular complexity index is 888. The molecule has 0 unspecified atom stereocenters. The molecular formula is C20H17NO4S. The lowest BCUT2D eigenvalue weighted by Gasteiger charge is -2.06. The van der Waals surface area contributed by atoms with Crippen molar-refractivity contribution in [2.75, 3.05) is 6.61 Å². The molecule has 5 nitrogen and oxygen atoms in total. The van der Waals surface area contributed by atoms with Crippen molar-refractivity contribution in [3.8, 4) is 16.3 Å². The fraction of sp³-hybridized carbons (Fsp3) is 0.150. The Kier molecular flexibility index (Phi) is 5.76. The number of carbonyl (C=O) groups is 2.